The zero-order valence-electron chi connectivity index (χ0n) is 11.6. The van der Waals surface area contributed by atoms with Gasteiger partial charge in [-0.05, 0) is 37.0 Å². The molecule has 0 saturated heterocycles. The Kier molecular flexibility index (Phi) is 4.21. The van der Waals surface area contributed by atoms with Crippen LogP contribution in [0.4, 0.5) is 0 Å². The zero-order chi connectivity index (χ0) is 13.1. The molecule has 17 heavy (non-hydrogen) atoms. The van der Waals surface area contributed by atoms with E-state index in [0.29, 0.717) is 13.0 Å². The SMILES string of the molecule is CC(C)(O)CCOc1cccc(C(C)(C)C)c1. The van der Waals surface area contributed by atoms with Crippen molar-refractivity contribution in [1.82, 2.24) is 0 Å². The van der Waals surface area contributed by atoms with E-state index >= 15 is 0 Å². The van der Waals surface area contributed by atoms with Crippen LogP contribution < -0.4 is 4.74 Å². The van der Waals surface area contributed by atoms with Crippen LogP contribution >= 0.6 is 0 Å². The average Bonchev–Trinajstić information content (AvgIpc) is 2.15. The zero-order valence-corrected chi connectivity index (χ0v) is 11.6. The molecule has 0 aliphatic rings. The Morgan fingerprint density at radius 2 is 1.76 bits per heavy atom. The molecule has 0 unspecified atom stereocenters. The van der Waals surface area contributed by atoms with Gasteiger partial charge in [0.05, 0.1) is 12.2 Å². The molecule has 2 heteroatoms. The number of hydrogen-bond acceptors (Lipinski definition) is 2. The molecule has 0 bridgehead atoms. The molecule has 0 atom stereocenters. The minimum Gasteiger partial charge on any atom is -0.493 e. The molecular formula is C15H24O2. The van der Waals surface area contributed by atoms with Crippen molar-refractivity contribution in [3.05, 3.63) is 29.8 Å². The molecule has 0 aromatic heterocycles. The molecule has 2 nitrogen and oxygen atoms in total. The van der Waals surface area contributed by atoms with E-state index in [2.05, 4.69) is 32.9 Å². The van der Waals surface area contributed by atoms with Crippen molar-refractivity contribution in [2.45, 2.75) is 52.1 Å². The van der Waals surface area contributed by atoms with E-state index in [9.17, 15) is 5.11 Å². The van der Waals surface area contributed by atoms with Gasteiger partial charge in [0.15, 0.2) is 0 Å². The quantitative estimate of drug-likeness (QED) is 0.866. The monoisotopic (exact) mass is 236 g/mol. The first-order valence-corrected chi connectivity index (χ1v) is 6.14. The smallest absolute Gasteiger partial charge is 0.119 e. The summed E-state index contributed by atoms with van der Waals surface area (Å²) >= 11 is 0. The third-order valence-corrected chi connectivity index (χ3v) is 2.68. The Hall–Kier alpha value is -1.02. The topological polar surface area (TPSA) is 29.5 Å². The Bertz CT molecular complexity index is 356. The number of rotatable bonds is 4. The Balaban J connectivity index is 2.61. The van der Waals surface area contributed by atoms with Crippen molar-refractivity contribution in [3.63, 3.8) is 0 Å². The van der Waals surface area contributed by atoms with Gasteiger partial charge in [-0.1, -0.05) is 32.9 Å². The van der Waals surface area contributed by atoms with Gasteiger partial charge >= 0.3 is 0 Å². The minimum absolute atomic E-state index is 0.135. The molecule has 1 rings (SSSR count). The molecule has 0 aliphatic carbocycles. The molecule has 0 aliphatic heterocycles. The first kappa shape index (κ1) is 14.0. The second-order valence-electron chi connectivity index (χ2n) is 6.19. The Labute approximate surface area is 105 Å². The molecule has 0 saturated carbocycles. The molecule has 0 fully saturated rings. The molecule has 0 amide bonds. The average molecular weight is 236 g/mol. The van der Waals surface area contributed by atoms with Crippen molar-refractivity contribution >= 4 is 0 Å². The minimum atomic E-state index is -0.665. The lowest BCUT2D eigenvalue weighted by Crippen LogP contribution is -2.21. The van der Waals surface area contributed by atoms with Crippen LogP contribution in [0.15, 0.2) is 24.3 Å². The van der Waals surface area contributed by atoms with Crippen LogP contribution in [0.2, 0.25) is 0 Å². The lowest BCUT2D eigenvalue weighted by Gasteiger charge is -2.21. The third-order valence-electron chi connectivity index (χ3n) is 2.68. The van der Waals surface area contributed by atoms with Crippen molar-refractivity contribution in [1.29, 1.82) is 0 Å². The van der Waals surface area contributed by atoms with Gasteiger partial charge in [0, 0.05) is 6.42 Å². The van der Waals surface area contributed by atoms with Gasteiger partial charge in [-0.2, -0.15) is 0 Å². The van der Waals surface area contributed by atoms with Crippen molar-refractivity contribution in [2.24, 2.45) is 0 Å². The fourth-order valence-electron chi connectivity index (χ4n) is 1.47. The summed E-state index contributed by atoms with van der Waals surface area (Å²) in [5.41, 5.74) is 0.732. The van der Waals surface area contributed by atoms with E-state index in [1.165, 1.54) is 5.56 Å². The van der Waals surface area contributed by atoms with Gasteiger partial charge in [-0.3, -0.25) is 0 Å². The lowest BCUT2D eigenvalue weighted by molar-refractivity contribution is 0.0553. The predicted molar refractivity (Wildman–Crippen MR) is 71.6 cm³/mol. The summed E-state index contributed by atoms with van der Waals surface area (Å²) in [6.45, 7) is 10.7. The van der Waals surface area contributed by atoms with Crippen molar-refractivity contribution in [2.75, 3.05) is 6.61 Å². The van der Waals surface area contributed by atoms with Crippen LogP contribution in [0.1, 0.15) is 46.6 Å². The number of benzene rings is 1. The standard InChI is InChI=1S/C15H24O2/c1-14(2,3)12-7-6-8-13(11-12)17-10-9-15(4,5)16/h6-8,11,16H,9-10H2,1-5H3. The molecular weight excluding hydrogens is 212 g/mol. The highest BCUT2D eigenvalue weighted by Crippen LogP contribution is 2.25. The van der Waals surface area contributed by atoms with Crippen molar-refractivity contribution in [3.8, 4) is 5.75 Å². The van der Waals surface area contributed by atoms with Gasteiger partial charge in [-0.15, -0.1) is 0 Å². The van der Waals surface area contributed by atoms with Crippen LogP contribution in [0, 0.1) is 0 Å². The van der Waals surface area contributed by atoms with E-state index in [-0.39, 0.29) is 5.41 Å². The molecule has 1 N–H and O–H groups in total. The van der Waals surface area contributed by atoms with Crippen molar-refractivity contribution < 1.29 is 9.84 Å². The highest BCUT2D eigenvalue weighted by Gasteiger charge is 2.15. The summed E-state index contributed by atoms with van der Waals surface area (Å²) in [7, 11) is 0. The summed E-state index contributed by atoms with van der Waals surface area (Å²) in [5.74, 6) is 0.877. The summed E-state index contributed by atoms with van der Waals surface area (Å²) in [4.78, 5) is 0. The summed E-state index contributed by atoms with van der Waals surface area (Å²) in [6, 6.07) is 8.16. The van der Waals surface area contributed by atoms with Crippen LogP contribution in [-0.4, -0.2) is 17.3 Å². The molecule has 0 spiro atoms. The van der Waals surface area contributed by atoms with E-state index in [0.717, 1.165) is 5.75 Å². The van der Waals surface area contributed by atoms with Gasteiger partial charge in [0.2, 0.25) is 0 Å². The van der Waals surface area contributed by atoms with E-state index in [1.807, 2.05) is 12.1 Å². The fourth-order valence-corrected chi connectivity index (χ4v) is 1.47. The van der Waals surface area contributed by atoms with Gasteiger partial charge in [0.25, 0.3) is 0 Å². The molecule has 0 radical (unpaired) electrons. The van der Waals surface area contributed by atoms with E-state index in [1.54, 1.807) is 13.8 Å². The first-order valence-electron chi connectivity index (χ1n) is 6.14. The van der Waals surface area contributed by atoms with Gasteiger partial charge < -0.3 is 9.84 Å². The highest BCUT2D eigenvalue weighted by molar-refractivity contribution is 5.32. The number of aliphatic hydroxyl groups is 1. The van der Waals surface area contributed by atoms with Crippen LogP contribution in [0.3, 0.4) is 0 Å². The third kappa shape index (κ3) is 5.22. The molecule has 1 aromatic carbocycles. The summed E-state index contributed by atoms with van der Waals surface area (Å²) in [5, 5.41) is 9.60. The number of hydrogen-bond donors (Lipinski definition) is 1. The molecule has 96 valence electrons. The second-order valence-corrected chi connectivity index (χ2v) is 6.19. The molecule has 1 aromatic rings. The van der Waals surface area contributed by atoms with Crippen LogP contribution in [0.5, 0.6) is 5.75 Å². The number of ether oxygens (including phenoxy) is 1. The molecule has 0 heterocycles. The summed E-state index contributed by atoms with van der Waals surface area (Å²) < 4.78 is 5.66. The summed E-state index contributed by atoms with van der Waals surface area (Å²) in [6.07, 6.45) is 0.632. The van der Waals surface area contributed by atoms with Gasteiger partial charge in [-0.25, -0.2) is 0 Å². The maximum absolute atomic E-state index is 9.60. The first-order chi connectivity index (χ1) is 7.68. The lowest BCUT2D eigenvalue weighted by atomic mass is 9.87. The Morgan fingerprint density at radius 3 is 2.29 bits per heavy atom. The largest absolute Gasteiger partial charge is 0.493 e. The highest BCUT2D eigenvalue weighted by atomic mass is 16.5. The second kappa shape index (κ2) is 5.09. The maximum atomic E-state index is 9.60. The van der Waals surface area contributed by atoms with E-state index < -0.39 is 5.60 Å². The Morgan fingerprint density at radius 1 is 1.12 bits per heavy atom. The van der Waals surface area contributed by atoms with E-state index in [4.69, 9.17) is 4.74 Å². The van der Waals surface area contributed by atoms with Crippen LogP contribution in [-0.2, 0) is 5.41 Å². The predicted octanol–water partition coefficient (Wildman–Crippen LogP) is 3.52. The van der Waals surface area contributed by atoms with Gasteiger partial charge in [0.1, 0.15) is 5.75 Å². The fraction of sp³-hybridized carbons (Fsp3) is 0.600. The normalized spacial score (nSPS) is 12.6. The van der Waals surface area contributed by atoms with Crippen LogP contribution in [0.25, 0.3) is 0 Å². The maximum Gasteiger partial charge on any atom is 0.119 e.